The summed E-state index contributed by atoms with van der Waals surface area (Å²) in [7, 11) is 2.02. The largest absolute Gasteiger partial charge is 0.320 e. The molecule has 1 heteroatoms. The molecule has 0 aliphatic carbocycles. The maximum absolute atomic E-state index is 3.24. The Hall–Kier alpha value is -0.820. The van der Waals surface area contributed by atoms with Crippen LogP contribution in [0.4, 0.5) is 0 Å². The van der Waals surface area contributed by atoms with Gasteiger partial charge < -0.3 is 5.32 Å². The molecule has 1 N–H and O–H groups in total. The summed E-state index contributed by atoms with van der Waals surface area (Å²) in [5.74, 6) is 0. The summed E-state index contributed by atoms with van der Waals surface area (Å²) in [6.07, 6.45) is 2.36. The fraction of sp³-hybridized carbons (Fsp3) is 0.647. The predicted molar refractivity (Wildman–Crippen MR) is 81.2 cm³/mol. The van der Waals surface area contributed by atoms with Crippen molar-refractivity contribution >= 4 is 0 Å². The maximum Gasteiger partial charge on any atom is -0.00467 e. The highest BCUT2D eigenvalue weighted by Gasteiger charge is 2.18. The number of nitrogens with one attached hydrogen (secondary N) is 1. The number of rotatable bonds is 5. The van der Waals surface area contributed by atoms with Crippen LogP contribution < -0.4 is 5.32 Å². The zero-order valence-corrected chi connectivity index (χ0v) is 12.9. The third-order valence-corrected chi connectivity index (χ3v) is 3.55. The van der Waals surface area contributed by atoms with Crippen molar-refractivity contribution in [3.05, 3.63) is 35.4 Å². The highest BCUT2D eigenvalue weighted by atomic mass is 14.8. The molecular formula is C17H29N. The van der Waals surface area contributed by atoms with Crippen LogP contribution in [0.3, 0.4) is 0 Å². The first kappa shape index (κ1) is 15.2. The van der Waals surface area contributed by atoms with E-state index < -0.39 is 0 Å². The van der Waals surface area contributed by atoms with Gasteiger partial charge in [0.05, 0.1) is 0 Å². The first-order valence-corrected chi connectivity index (χ1v) is 6.99. The van der Waals surface area contributed by atoms with Crippen molar-refractivity contribution in [2.75, 3.05) is 13.6 Å². The van der Waals surface area contributed by atoms with Crippen LogP contribution in [0, 0.1) is 5.41 Å². The molecule has 1 aromatic rings. The molecule has 0 aromatic heterocycles. The Bertz CT molecular complexity index is 354. The predicted octanol–water partition coefficient (Wildman–Crippen LogP) is 4.16. The van der Waals surface area contributed by atoms with Crippen LogP contribution in [0.25, 0.3) is 0 Å². The molecule has 0 saturated carbocycles. The van der Waals surface area contributed by atoms with Gasteiger partial charge in [-0.2, -0.15) is 0 Å². The van der Waals surface area contributed by atoms with Gasteiger partial charge in [0, 0.05) is 0 Å². The van der Waals surface area contributed by atoms with E-state index in [0.29, 0.717) is 5.41 Å². The molecule has 0 spiro atoms. The first-order chi connectivity index (χ1) is 8.24. The fourth-order valence-electron chi connectivity index (χ4n) is 2.23. The van der Waals surface area contributed by atoms with Crippen LogP contribution in [0.1, 0.15) is 52.2 Å². The summed E-state index contributed by atoms with van der Waals surface area (Å²) in [4.78, 5) is 0. The standard InChI is InChI=1S/C17H29N/c1-16(2,3)15-9-7-14(8-10-15)13-17(4,5)11-12-18-6/h7-10,18H,11-13H2,1-6H3. The number of hydrogen-bond acceptors (Lipinski definition) is 1. The minimum Gasteiger partial charge on any atom is -0.320 e. The minimum atomic E-state index is 0.250. The second-order valence-corrected chi connectivity index (χ2v) is 7.14. The van der Waals surface area contributed by atoms with Crippen LogP contribution in [0.2, 0.25) is 0 Å². The maximum atomic E-state index is 3.24. The van der Waals surface area contributed by atoms with E-state index in [1.54, 1.807) is 0 Å². The van der Waals surface area contributed by atoms with Gasteiger partial charge in [0.1, 0.15) is 0 Å². The van der Waals surface area contributed by atoms with Gasteiger partial charge in [-0.15, -0.1) is 0 Å². The van der Waals surface area contributed by atoms with E-state index in [-0.39, 0.29) is 5.41 Å². The SMILES string of the molecule is CNCCC(C)(C)Cc1ccc(C(C)(C)C)cc1. The van der Waals surface area contributed by atoms with Gasteiger partial charge in [-0.1, -0.05) is 58.9 Å². The smallest absolute Gasteiger partial charge is 0.00467 e. The zero-order chi connectivity index (χ0) is 13.8. The van der Waals surface area contributed by atoms with Crippen molar-refractivity contribution in [1.82, 2.24) is 5.32 Å². The Labute approximate surface area is 113 Å². The van der Waals surface area contributed by atoms with Crippen molar-refractivity contribution in [3.8, 4) is 0 Å². The van der Waals surface area contributed by atoms with Crippen molar-refractivity contribution < 1.29 is 0 Å². The van der Waals surface area contributed by atoms with Gasteiger partial charge in [0.15, 0.2) is 0 Å². The third kappa shape index (κ3) is 4.81. The average Bonchev–Trinajstić information content (AvgIpc) is 2.25. The van der Waals surface area contributed by atoms with Gasteiger partial charge in [0.2, 0.25) is 0 Å². The Morgan fingerprint density at radius 3 is 1.94 bits per heavy atom. The van der Waals surface area contributed by atoms with Gasteiger partial charge in [-0.05, 0) is 48.4 Å². The lowest BCUT2D eigenvalue weighted by Crippen LogP contribution is -2.21. The molecule has 0 aliphatic rings. The minimum absolute atomic E-state index is 0.250. The average molecular weight is 247 g/mol. The summed E-state index contributed by atoms with van der Waals surface area (Å²) >= 11 is 0. The van der Waals surface area contributed by atoms with Crippen LogP contribution in [0.5, 0.6) is 0 Å². The number of benzene rings is 1. The molecule has 1 aromatic carbocycles. The topological polar surface area (TPSA) is 12.0 Å². The highest BCUT2D eigenvalue weighted by molar-refractivity contribution is 5.28. The quantitative estimate of drug-likeness (QED) is 0.823. The second kappa shape index (κ2) is 5.88. The molecule has 0 amide bonds. The van der Waals surface area contributed by atoms with Crippen LogP contribution in [0.15, 0.2) is 24.3 Å². The molecule has 0 heterocycles. The molecule has 102 valence electrons. The van der Waals surface area contributed by atoms with E-state index in [1.165, 1.54) is 17.5 Å². The lowest BCUT2D eigenvalue weighted by Gasteiger charge is -2.25. The van der Waals surface area contributed by atoms with E-state index >= 15 is 0 Å². The summed E-state index contributed by atoms with van der Waals surface area (Å²) < 4.78 is 0. The molecular weight excluding hydrogens is 218 g/mol. The van der Waals surface area contributed by atoms with E-state index in [9.17, 15) is 0 Å². The second-order valence-electron chi connectivity index (χ2n) is 7.14. The van der Waals surface area contributed by atoms with Gasteiger partial charge >= 0.3 is 0 Å². The van der Waals surface area contributed by atoms with E-state index in [1.807, 2.05) is 7.05 Å². The Balaban J connectivity index is 2.69. The summed E-state index contributed by atoms with van der Waals surface area (Å²) in [5.41, 5.74) is 3.48. The van der Waals surface area contributed by atoms with Crippen LogP contribution in [-0.2, 0) is 11.8 Å². The third-order valence-electron chi connectivity index (χ3n) is 3.55. The Kier molecular flexibility index (Phi) is 4.98. The molecule has 0 aliphatic heterocycles. The summed E-state index contributed by atoms with van der Waals surface area (Å²) in [6.45, 7) is 12.6. The lowest BCUT2D eigenvalue weighted by atomic mass is 9.81. The van der Waals surface area contributed by atoms with Gasteiger partial charge in [0.25, 0.3) is 0 Å². The summed E-state index contributed by atoms with van der Waals surface area (Å²) in [6, 6.07) is 9.15. The van der Waals surface area contributed by atoms with E-state index in [2.05, 4.69) is 64.2 Å². The molecule has 1 rings (SSSR count). The Morgan fingerprint density at radius 2 is 1.50 bits per heavy atom. The van der Waals surface area contributed by atoms with E-state index in [4.69, 9.17) is 0 Å². The summed E-state index contributed by atoms with van der Waals surface area (Å²) in [5, 5.41) is 3.24. The Morgan fingerprint density at radius 1 is 0.944 bits per heavy atom. The molecule has 0 saturated heterocycles. The fourth-order valence-corrected chi connectivity index (χ4v) is 2.23. The van der Waals surface area contributed by atoms with Crippen molar-refractivity contribution in [2.45, 2.75) is 52.9 Å². The molecule has 18 heavy (non-hydrogen) atoms. The van der Waals surface area contributed by atoms with Crippen molar-refractivity contribution in [2.24, 2.45) is 5.41 Å². The van der Waals surface area contributed by atoms with Gasteiger partial charge in [-0.25, -0.2) is 0 Å². The normalized spacial score (nSPS) is 12.8. The molecule has 0 atom stereocenters. The first-order valence-electron chi connectivity index (χ1n) is 6.99. The molecule has 0 fully saturated rings. The molecule has 0 bridgehead atoms. The highest BCUT2D eigenvalue weighted by Crippen LogP contribution is 2.27. The molecule has 0 unspecified atom stereocenters. The monoisotopic (exact) mass is 247 g/mol. The molecule has 1 nitrogen and oxygen atoms in total. The van der Waals surface area contributed by atoms with Crippen molar-refractivity contribution in [1.29, 1.82) is 0 Å². The number of hydrogen-bond donors (Lipinski definition) is 1. The van der Waals surface area contributed by atoms with E-state index in [0.717, 1.165) is 13.0 Å². The zero-order valence-electron chi connectivity index (χ0n) is 12.9. The van der Waals surface area contributed by atoms with Gasteiger partial charge in [-0.3, -0.25) is 0 Å². The molecule has 0 radical (unpaired) electrons. The van der Waals surface area contributed by atoms with Crippen LogP contribution >= 0.6 is 0 Å². The van der Waals surface area contributed by atoms with Crippen LogP contribution in [-0.4, -0.2) is 13.6 Å². The lowest BCUT2D eigenvalue weighted by molar-refractivity contribution is 0.329. The van der Waals surface area contributed by atoms with Crippen molar-refractivity contribution in [3.63, 3.8) is 0 Å².